The Kier molecular flexibility index (Phi) is 1.52. The SMILES string of the molecule is S=C1NC2CCCC[C@@H]2N1. The quantitative estimate of drug-likeness (QED) is 0.507. The smallest absolute Gasteiger partial charge is 0.166 e. The average Bonchev–Trinajstić information content (AvgIpc) is 2.27. The highest BCUT2D eigenvalue weighted by atomic mass is 32.1. The molecule has 0 aromatic heterocycles. The first-order valence-corrected chi connectivity index (χ1v) is 4.34. The molecule has 1 saturated heterocycles. The number of thiocarbonyl (C=S) groups is 1. The van der Waals surface area contributed by atoms with E-state index in [9.17, 15) is 0 Å². The summed E-state index contributed by atoms with van der Waals surface area (Å²) in [4.78, 5) is 0. The van der Waals surface area contributed by atoms with Crippen molar-refractivity contribution in [2.75, 3.05) is 0 Å². The summed E-state index contributed by atoms with van der Waals surface area (Å²) in [6.07, 6.45) is 5.30. The molecule has 0 radical (unpaired) electrons. The van der Waals surface area contributed by atoms with Gasteiger partial charge in [-0.15, -0.1) is 0 Å². The van der Waals surface area contributed by atoms with Gasteiger partial charge in [0.25, 0.3) is 0 Å². The topological polar surface area (TPSA) is 24.1 Å². The van der Waals surface area contributed by atoms with Gasteiger partial charge in [0.15, 0.2) is 5.11 Å². The van der Waals surface area contributed by atoms with Crippen LogP contribution in [0.4, 0.5) is 0 Å². The zero-order chi connectivity index (χ0) is 6.97. The zero-order valence-corrected chi connectivity index (χ0v) is 6.71. The van der Waals surface area contributed by atoms with E-state index in [2.05, 4.69) is 10.6 Å². The van der Waals surface area contributed by atoms with Crippen molar-refractivity contribution in [1.29, 1.82) is 0 Å². The molecule has 1 saturated carbocycles. The highest BCUT2D eigenvalue weighted by Crippen LogP contribution is 2.21. The van der Waals surface area contributed by atoms with Gasteiger partial charge in [-0.2, -0.15) is 0 Å². The Labute approximate surface area is 66.4 Å². The fourth-order valence-corrected chi connectivity index (χ4v) is 2.16. The molecule has 0 spiro atoms. The lowest BCUT2D eigenvalue weighted by atomic mass is 9.92. The second kappa shape index (κ2) is 2.38. The number of hydrogen-bond acceptors (Lipinski definition) is 1. The third-order valence-corrected chi connectivity index (χ3v) is 2.63. The monoisotopic (exact) mass is 156 g/mol. The molecule has 1 aliphatic heterocycles. The van der Waals surface area contributed by atoms with Crippen molar-refractivity contribution in [1.82, 2.24) is 10.6 Å². The summed E-state index contributed by atoms with van der Waals surface area (Å²) in [5.74, 6) is 0. The van der Waals surface area contributed by atoms with Crippen LogP contribution in [0.3, 0.4) is 0 Å². The summed E-state index contributed by atoms with van der Waals surface area (Å²) in [7, 11) is 0. The Morgan fingerprint density at radius 3 is 2.10 bits per heavy atom. The standard InChI is InChI=1S/C7H12N2S/c10-7-8-5-3-1-2-4-6(5)9-7/h5-6H,1-4H2,(H2,8,9,10)/t5-,6?/m0/s1. The van der Waals surface area contributed by atoms with E-state index in [1.165, 1.54) is 25.7 Å². The molecule has 56 valence electrons. The fourth-order valence-electron chi connectivity index (χ4n) is 1.85. The molecule has 1 aliphatic carbocycles. The molecule has 0 bridgehead atoms. The lowest BCUT2D eigenvalue weighted by molar-refractivity contribution is 0.374. The summed E-state index contributed by atoms with van der Waals surface area (Å²) >= 11 is 5.01. The van der Waals surface area contributed by atoms with E-state index in [-0.39, 0.29) is 0 Å². The minimum Gasteiger partial charge on any atom is -0.358 e. The molecule has 2 atom stereocenters. The number of nitrogens with one attached hydrogen (secondary N) is 2. The summed E-state index contributed by atoms with van der Waals surface area (Å²) in [5, 5.41) is 7.41. The van der Waals surface area contributed by atoms with Crippen LogP contribution in [0, 0.1) is 0 Å². The zero-order valence-electron chi connectivity index (χ0n) is 5.89. The van der Waals surface area contributed by atoms with Gasteiger partial charge >= 0.3 is 0 Å². The number of hydrogen-bond donors (Lipinski definition) is 2. The molecule has 10 heavy (non-hydrogen) atoms. The van der Waals surface area contributed by atoms with E-state index in [1.807, 2.05) is 0 Å². The maximum Gasteiger partial charge on any atom is 0.166 e. The van der Waals surface area contributed by atoms with E-state index in [1.54, 1.807) is 0 Å². The Balaban J connectivity index is 2.04. The van der Waals surface area contributed by atoms with Gasteiger partial charge in [-0.05, 0) is 25.1 Å². The molecule has 1 unspecified atom stereocenters. The van der Waals surface area contributed by atoms with Crippen molar-refractivity contribution in [3.8, 4) is 0 Å². The minimum absolute atomic E-state index is 0.640. The van der Waals surface area contributed by atoms with Crippen LogP contribution in [0.1, 0.15) is 25.7 Å². The summed E-state index contributed by atoms with van der Waals surface area (Å²) < 4.78 is 0. The first kappa shape index (κ1) is 6.40. The van der Waals surface area contributed by atoms with Crippen LogP contribution >= 0.6 is 12.2 Å². The molecule has 2 N–H and O–H groups in total. The lowest BCUT2D eigenvalue weighted by Crippen LogP contribution is -2.36. The van der Waals surface area contributed by atoms with Gasteiger partial charge in [0, 0.05) is 12.1 Å². The molecule has 2 nitrogen and oxygen atoms in total. The van der Waals surface area contributed by atoms with Crippen LogP contribution < -0.4 is 10.6 Å². The predicted molar refractivity (Wildman–Crippen MR) is 44.9 cm³/mol. The highest BCUT2D eigenvalue weighted by Gasteiger charge is 2.30. The van der Waals surface area contributed by atoms with Crippen molar-refractivity contribution in [3.63, 3.8) is 0 Å². The van der Waals surface area contributed by atoms with Crippen LogP contribution in [0.2, 0.25) is 0 Å². The first-order chi connectivity index (χ1) is 4.86. The Bertz CT molecular complexity index is 142. The third-order valence-electron chi connectivity index (χ3n) is 2.40. The average molecular weight is 156 g/mol. The summed E-state index contributed by atoms with van der Waals surface area (Å²) in [5.41, 5.74) is 0. The van der Waals surface area contributed by atoms with Crippen LogP contribution in [0.5, 0.6) is 0 Å². The Morgan fingerprint density at radius 2 is 1.60 bits per heavy atom. The van der Waals surface area contributed by atoms with Crippen molar-refractivity contribution in [2.45, 2.75) is 37.8 Å². The largest absolute Gasteiger partial charge is 0.358 e. The van der Waals surface area contributed by atoms with Crippen LogP contribution in [0.15, 0.2) is 0 Å². The Hall–Kier alpha value is -0.310. The molecule has 2 fully saturated rings. The van der Waals surface area contributed by atoms with Crippen molar-refractivity contribution < 1.29 is 0 Å². The van der Waals surface area contributed by atoms with E-state index in [0.29, 0.717) is 12.1 Å². The molecular weight excluding hydrogens is 144 g/mol. The molecule has 1 heterocycles. The molecule has 3 heteroatoms. The van der Waals surface area contributed by atoms with Crippen molar-refractivity contribution in [3.05, 3.63) is 0 Å². The van der Waals surface area contributed by atoms with Crippen LogP contribution in [-0.2, 0) is 0 Å². The van der Waals surface area contributed by atoms with Crippen molar-refractivity contribution in [2.24, 2.45) is 0 Å². The second-order valence-corrected chi connectivity index (χ2v) is 3.52. The van der Waals surface area contributed by atoms with E-state index < -0.39 is 0 Å². The van der Waals surface area contributed by atoms with E-state index >= 15 is 0 Å². The fraction of sp³-hybridized carbons (Fsp3) is 0.857. The van der Waals surface area contributed by atoms with Gasteiger partial charge in [-0.25, -0.2) is 0 Å². The van der Waals surface area contributed by atoms with E-state index in [4.69, 9.17) is 12.2 Å². The van der Waals surface area contributed by atoms with E-state index in [0.717, 1.165) is 5.11 Å². The normalized spacial score (nSPS) is 38.2. The molecular formula is C7H12N2S. The maximum absolute atomic E-state index is 5.01. The molecule has 2 aliphatic rings. The van der Waals surface area contributed by atoms with Gasteiger partial charge in [-0.1, -0.05) is 12.8 Å². The predicted octanol–water partition coefficient (Wildman–Crippen LogP) is 0.775. The molecule has 0 aromatic rings. The third kappa shape index (κ3) is 0.985. The van der Waals surface area contributed by atoms with Gasteiger partial charge in [-0.3, -0.25) is 0 Å². The van der Waals surface area contributed by atoms with Gasteiger partial charge in [0.2, 0.25) is 0 Å². The first-order valence-electron chi connectivity index (χ1n) is 3.93. The minimum atomic E-state index is 0.640. The molecule has 0 amide bonds. The van der Waals surface area contributed by atoms with Crippen LogP contribution in [-0.4, -0.2) is 17.2 Å². The maximum atomic E-state index is 5.01. The van der Waals surface area contributed by atoms with Crippen molar-refractivity contribution >= 4 is 17.3 Å². The summed E-state index contributed by atoms with van der Waals surface area (Å²) in [6, 6.07) is 1.28. The van der Waals surface area contributed by atoms with Gasteiger partial charge in [0.1, 0.15) is 0 Å². The molecule has 2 rings (SSSR count). The summed E-state index contributed by atoms with van der Waals surface area (Å²) in [6.45, 7) is 0. The van der Waals surface area contributed by atoms with Gasteiger partial charge in [0.05, 0.1) is 0 Å². The Morgan fingerprint density at radius 1 is 1.10 bits per heavy atom. The van der Waals surface area contributed by atoms with Gasteiger partial charge < -0.3 is 10.6 Å². The number of rotatable bonds is 0. The highest BCUT2D eigenvalue weighted by molar-refractivity contribution is 7.80. The van der Waals surface area contributed by atoms with Crippen LogP contribution in [0.25, 0.3) is 0 Å². The second-order valence-electron chi connectivity index (χ2n) is 3.12. The lowest BCUT2D eigenvalue weighted by Gasteiger charge is -2.23. The molecule has 0 aromatic carbocycles. The number of fused-ring (bicyclic) bond motifs is 1.